The fourth-order valence-electron chi connectivity index (χ4n) is 2.80. The largest absolute Gasteiger partial charge is 0.374 e. The van der Waals surface area contributed by atoms with E-state index in [0.29, 0.717) is 0 Å². The Morgan fingerprint density at radius 1 is 0.895 bits per heavy atom. The van der Waals surface area contributed by atoms with E-state index in [1.807, 2.05) is 0 Å². The molecule has 0 aliphatic carbocycles. The summed E-state index contributed by atoms with van der Waals surface area (Å²) in [5.41, 5.74) is 2.69. The van der Waals surface area contributed by atoms with Gasteiger partial charge in [-0.2, -0.15) is 0 Å². The molecule has 0 spiro atoms. The van der Waals surface area contributed by atoms with Crippen LogP contribution < -0.4 is 4.90 Å². The molecule has 96 valence electrons. The van der Waals surface area contributed by atoms with Crippen LogP contribution in [0.4, 0.5) is 5.69 Å². The van der Waals surface area contributed by atoms with Gasteiger partial charge < -0.3 is 4.90 Å². The maximum atomic E-state index is 2.32. The maximum Gasteiger partial charge on any atom is 0.0443 e. The van der Waals surface area contributed by atoms with E-state index in [1.165, 1.54) is 32.8 Å². The van der Waals surface area contributed by atoms with Gasteiger partial charge in [-0.25, -0.2) is 0 Å². The minimum absolute atomic E-state index is 1.02. The summed E-state index contributed by atoms with van der Waals surface area (Å²) in [7, 11) is 2.15. The Balaban J connectivity index is 2.44. The van der Waals surface area contributed by atoms with E-state index >= 15 is 0 Å². The van der Waals surface area contributed by atoms with Gasteiger partial charge in [-0.3, -0.25) is 0 Å². The molecular formula is C18H19N. The first kappa shape index (κ1) is 12.0. The van der Waals surface area contributed by atoms with Gasteiger partial charge in [0, 0.05) is 24.7 Å². The summed E-state index contributed by atoms with van der Waals surface area (Å²) in [5, 5.41) is 5.38. The van der Waals surface area contributed by atoms with E-state index < -0.39 is 0 Å². The summed E-state index contributed by atoms with van der Waals surface area (Å²) < 4.78 is 0. The van der Waals surface area contributed by atoms with Crippen molar-refractivity contribution in [2.45, 2.75) is 13.8 Å². The Morgan fingerprint density at radius 3 is 2.42 bits per heavy atom. The van der Waals surface area contributed by atoms with Crippen molar-refractivity contribution in [2.24, 2.45) is 0 Å². The zero-order chi connectivity index (χ0) is 13.4. The predicted octanol–water partition coefficient (Wildman–Crippen LogP) is 4.76. The van der Waals surface area contributed by atoms with Crippen molar-refractivity contribution in [3.8, 4) is 0 Å². The Hall–Kier alpha value is -2.02. The van der Waals surface area contributed by atoms with Crippen molar-refractivity contribution in [2.75, 3.05) is 18.5 Å². The quantitative estimate of drug-likeness (QED) is 0.592. The summed E-state index contributed by atoms with van der Waals surface area (Å²) >= 11 is 0. The van der Waals surface area contributed by atoms with Gasteiger partial charge in [-0.1, -0.05) is 36.4 Å². The highest BCUT2D eigenvalue weighted by molar-refractivity contribution is 6.06. The first-order valence-corrected chi connectivity index (χ1v) is 6.84. The smallest absolute Gasteiger partial charge is 0.0443 e. The van der Waals surface area contributed by atoms with Crippen LogP contribution in [0.2, 0.25) is 0 Å². The number of rotatable bonds is 2. The maximum absolute atomic E-state index is 2.32. The molecule has 0 N–H and O–H groups in total. The molecule has 3 aromatic carbocycles. The molecule has 0 saturated heterocycles. The lowest BCUT2D eigenvalue weighted by atomic mass is 9.96. The molecule has 3 rings (SSSR count). The molecular weight excluding hydrogens is 230 g/mol. The fourth-order valence-corrected chi connectivity index (χ4v) is 2.80. The molecule has 0 amide bonds. The van der Waals surface area contributed by atoms with Crippen molar-refractivity contribution in [3.63, 3.8) is 0 Å². The average Bonchev–Trinajstić information content (AvgIpc) is 2.46. The van der Waals surface area contributed by atoms with E-state index in [9.17, 15) is 0 Å². The lowest BCUT2D eigenvalue weighted by Gasteiger charge is -2.20. The molecule has 1 nitrogen and oxygen atoms in total. The van der Waals surface area contributed by atoms with E-state index in [4.69, 9.17) is 0 Å². The molecule has 0 bridgehead atoms. The lowest BCUT2D eigenvalue weighted by molar-refractivity contribution is 0.974. The molecule has 0 aliphatic heterocycles. The Labute approximate surface area is 114 Å². The molecule has 0 heterocycles. The zero-order valence-corrected chi connectivity index (χ0v) is 11.8. The van der Waals surface area contributed by atoms with Crippen LogP contribution >= 0.6 is 0 Å². The normalized spacial score (nSPS) is 11.1. The molecule has 19 heavy (non-hydrogen) atoms. The van der Waals surface area contributed by atoms with Gasteiger partial charge >= 0.3 is 0 Å². The van der Waals surface area contributed by atoms with Crippen LogP contribution in [0.25, 0.3) is 21.5 Å². The number of benzene rings is 3. The summed E-state index contributed by atoms with van der Waals surface area (Å²) in [6, 6.07) is 17.5. The zero-order valence-electron chi connectivity index (χ0n) is 11.8. The third-order valence-corrected chi connectivity index (χ3v) is 4.04. The number of aryl methyl sites for hydroxylation is 1. The van der Waals surface area contributed by atoms with Crippen LogP contribution in [0.1, 0.15) is 12.5 Å². The first-order chi connectivity index (χ1) is 9.22. The third-order valence-electron chi connectivity index (χ3n) is 4.04. The number of hydrogen-bond donors (Lipinski definition) is 0. The summed E-state index contributed by atoms with van der Waals surface area (Å²) in [6.07, 6.45) is 0. The summed E-state index contributed by atoms with van der Waals surface area (Å²) in [4.78, 5) is 2.30. The van der Waals surface area contributed by atoms with Crippen molar-refractivity contribution >= 4 is 27.2 Å². The standard InChI is InChI=1S/C18H19N/c1-4-19(3)18-11-7-10-16-13(2)15-9-6-5-8-14(15)12-17(16)18/h5-12H,4H2,1-3H3. The SMILES string of the molecule is CCN(C)c1cccc2c(C)c3ccccc3cc12. The number of fused-ring (bicyclic) bond motifs is 2. The van der Waals surface area contributed by atoms with Crippen molar-refractivity contribution in [3.05, 3.63) is 54.1 Å². The number of anilines is 1. The van der Waals surface area contributed by atoms with Crippen LogP contribution in [-0.2, 0) is 0 Å². The molecule has 0 unspecified atom stereocenters. The van der Waals surface area contributed by atoms with Crippen molar-refractivity contribution in [1.82, 2.24) is 0 Å². The molecule has 0 aromatic heterocycles. The minimum atomic E-state index is 1.02. The molecule has 1 heteroatoms. The Morgan fingerprint density at radius 2 is 1.63 bits per heavy atom. The van der Waals surface area contributed by atoms with Gasteiger partial charge in [0.05, 0.1) is 0 Å². The topological polar surface area (TPSA) is 3.24 Å². The highest BCUT2D eigenvalue weighted by Gasteiger charge is 2.08. The van der Waals surface area contributed by atoms with Crippen LogP contribution in [0, 0.1) is 6.92 Å². The van der Waals surface area contributed by atoms with Gasteiger partial charge in [0.25, 0.3) is 0 Å². The lowest BCUT2D eigenvalue weighted by Crippen LogP contribution is -2.15. The minimum Gasteiger partial charge on any atom is -0.374 e. The average molecular weight is 249 g/mol. The van der Waals surface area contributed by atoms with E-state index in [1.54, 1.807) is 0 Å². The molecule has 0 aliphatic rings. The first-order valence-electron chi connectivity index (χ1n) is 6.84. The highest BCUT2D eigenvalue weighted by Crippen LogP contribution is 2.33. The predicted molar refractivity (Wildman–Crippen MR) is 85.1 cm³/mol. The van der Waals surface area contributed by atoms with Gasteiger partial charge in [0.1, 0.15) is 0 Å². The highest BCUT2D eigenvalue weighted by atomic mass is 15.1. The molecule has 0 atom stereocenters. The van der Waals surface area contributed by atoms with Gasteiger partial charge in [0.2, 0.25) is 0 Å². The second kappa shape index (κ2) is 4.58. The van der Waals surface area contributed by atoms with E-state index in [-0.39, 0.29) is 0 Å². The molecule has 3 aromatic rings. The molecule has 0 fully saturated rings. The molecule has 0 saturated carbocycles. The van der Waals surface area contributed by atoms with Crippen LogP contribution in [0.3, 0.4) is 0 Å². The van der Waals surface area contributed by atoms with Gasteiger partial charge in [0.15, 0.2) is 0 Å². The van der Waals surface area contributed by atoms with Crippen molar-refractivity contribution < 1.29 is 0 Å². The Kier molecular flexibility index (Phi) is 2.90. The van der Waals surface area contributed by atoms with Crippen molar-refractivity contribution in [1.29, 1.82) is 0 Å². The summed E-state index contributed by atoms with van der Waals surface area (Å²) in [5.74, 6) is 0. The third kappa shape index (κ3) is 1.86. The molecule has 0 radical (unpaired) electrons. The van der Waals surface area contributed by atoms with Crippen LogP contribution in [0.15, 0.2) is 48.5 Å². The van der Waals surface area contributed by atoms with Crippen LogP contribution in [-0.4, -0.2) is 13.6 Å². The van der Waals surface area contributed by atoms with Crippen LogP contribution in [0.5, 0.6) is 0 Å². The number of nitrogens with zero attached hydrogens (tertiary/aromatic N) is 1. The summed E-state index contributed by atoms with van der Waals surface area (Å²) in [6.45, 7) is 5.43. The van der Waals surface area contributed by atoms with Gasteiger partial charge in [-0.05, 0) is 47.7 Å². The van der Waals surface area contributed by atoms with E-state index in [2.05, 4.69) is 74.3 Å². The number of hydrogen-bond acceptors (Lipinski definition) is 1. The van der Waals surface area contributed by atoms with Gasteiger partial charge in [-0.15, -0.1) is 0 Å². The fraction of sp³-hybridized carbons (Fsp3) is 0.222. The van der Waals surface area contributed by atoms with E-state index in [0.717, 1.165) is 6.54 Å². The Bertz CT molecular complexity index is 743. The monoisotopic (exact) mass is 249 g/mol. The second-order valence-electron chi connectivity index (χ2n) is 5.11. The second-order valence-corrected chi connectivity index (χ2v) is 5.11.